The van der Waals surface area contributed by atoms with Crippen molar-refractivity contribution in [2.75, 3.05) is 19.7 Å². The number of sulfonamides is 1. The van der Waals surface area contributed by atoms with Gasteiger partial charge in [0.05, 0.1) is 25.5 Å². The molecule has 3 heterocycles. The van der Waals surface area contributed by atoms with Crippen LogP contribution >= 0.6 is 0 Å². The van der Waals surface area contributed by atoms with Gasteiger partial charge < -0.3 is 13.8 Å². The fraction of sp³-hybridized carbons (Fsp3) is 0.450. The smallest absolute Gasteiger partial charge is 0.262 e. The zero-order valence-corrected chi connectivity index (χ0v) is 17.7. The van der Waals surface area contributed by atoms with Crippen LogP contribution < -0.4 is 0 Å². The van der Waals surface area contributed by atoms with Gasteiger partial charge in [-0.05, 0) is 18.4 Å². The van der Waals surface area contributed by atoms with Gasteiger partial charge >= 0.3 is 0 Å². The molecular weight excluding hydrogens is 406 g/mol. The molecule has 160 valence electrons. The third-order valence-electron chi connectivity index (χ3n) is 5.08. The zero-order valence-electron chi connectivity index (χ0n) is 16.8. The molecule has 1 aliphatic heterocycles. The van der Waals surface area contributed by atoms with Crippen molar-refractivity contribution >= 4 is 10.0 Å². The van der Waals surface area contributed by atoms with Crippen LogP contribution in [0.3, 0.4) is 0 Å². The predicted molar refractivity (Wildman–Crippen MR) is 108 cm³/mol. The molecule has 0 radical (unpaired) electrons. The quantitative estimate of drug-likeness (QED) is 0.503. The fourth-order valence-electron chi connectivity index (χ4n) is 3.48. The van der Waals surface area contributed by atoms with Gasteiger partial charge in [-0.1, -0.05) is 35.5 Å². The van der Waals surface area contributed by atoms with E-state index in [0.717, 1.165) is 18.4 Å². The molecule has 1 fully saturated rings. The molecule has 10 heteroatoms. The number of hydrogen-bond acceptors (Lipinski definition) is 7. The zero-order chi connectivity index (χ0) is 21.0. The second-order valence-corrected chi connectivity index (χ2v) is 9.30. The van der Waals surface area contributed by atoms with Crippen LogP contribution in [-0.2, 0) is 34.8 Å². The Balaban J connectivity index is 1.32. The van der Waals surface area contributed by atoms with Gasteiger partial charge in [0.15, 0.2) is 10.9 Å². The third kappa shape index (κ3) is 4.77. The number of imidazole rings is 1. The van der Waals surface area contributed by atoms with Gasteiger partial charge in [-0.15, -0.1) is 0 Å². The molecule has 2 aromatic heterocycles. The van der Waals surface area contributed by atoms with Gasteiger partial charge in [-0.2, -0.15) is 9.29 Å². The molecule has 0 saturated carbocycles. The Labute approximate surface area is 175 Å². The molecule has 0 N–H and O–H groups in total. The lowest BCUT2D eigenvalue weighted by atomic mass is 10.00. The first-order valence-corrected chi connectivity index (χ1v) is 11.4. The normalized spacial score (nSPS) is 18.0. The molecule has 9 nitrogen and oxygen atoms in total. The molecule has 3 aromatic rings. The van der Waals surface area contributed by atoms with E-state index >= 15 is 0 Å². The van der Waals surface area contributed by atoms with E-state index < -0.39 is 10.0 Å². The van der Waals surface area contributed by atoms with E-state index in [4.69, 9.17) is 9.26 Å². The van der Waals surface area contributed by atoms with Crippen LogP contribution in [0.15, 0.2) is 52.4 Å². The summed E-state index contributed by atoms with van der Waals surface area (Å²) >= 11 is 0. The molecule has 1 unspecified atom stereocenters. The Morgan fingerprint density at radius 3 is 2.87 bits per heavy atom. The largest absolute Gasteiger partial charge is 0.376 e. The lowest BCUT2D eigenvalue weighted by Gasteiger charge is -2.29. The van der Waals surface area contributed by atoms with Crippen molar-refractivity contribution in [3.8, 4) is 0 Å². The van der Waals surface area contributed by atoms with Crippen LogP contribution in [0.5, 0.6) is 0 Å². The van der Waals surface area contributed by atoms with Gasteiger partial charge in [0.1, 0.15) is 0 Å². The summed E-state index contributed by atoms with van der Waals surface area (Å²) in [6, 6.07) is 9.95. The maximum atomic E-state index is 12.8. The Bertz CT molecular complexity index is 1060. The van der Waals surface area contributed by atoms with E-state index in [-0.39, 0.29) is 10.9 Å². The number of benzene rings is 1. The maximum Gasteiger partial charge on any atom is 0.262 e. The minimum atomic E-state index is -3.63. The summed E-state index contributed by atoms with van der Waals surface area (Å²) in [5.41, 5.74) is 1.11. The Morgan fingerprint density at radius 1 is 1.27 bits per heavy atom. The fourth-order valence-corrected chi connectivity index (χ4v) is 4.97. The Morgan fingerprint density at radius 2 is 2.10 bits per heavy atom. The number of ether oxygens (including phenoxy) is 1. The van der Waals surface area contributed by atoms with Crippen LogP contribution in [0.25, 0.3) is 0 Å². The molecule has 30 heavy (non-hydrogen) atoms. The molecular formula is C20H25N5O4S. The number of aryl methyl sites for hydroxylation is 1. The van der Waals surface area contributed by atoms with Crippen molar-refractivity contribution in [2.45, 2.75) is 36.8 Å². The van der Waals surface area contributed by atoms with Crippen LogP contribution in [0.4, 0.5) is 0 Å². The first-order chi connectivity index (χ1) is 14.5. The average molecular weight is 432 g/mol. The van der Waals surface area contributed by atoms with Crippen LogP contribution in [0.2, 0.25) is 0 Å². The van der Waals surface area contributed by atoms with E-state index in [1.807, 2.05) is 30.3 Å². The number of nitrogens with zero attached hydrogens (tertiary/aromatic N) is 5. The second-order valence-electron chi connectivity index (χ2n) is 7.42. The van der Waals surface area contributed by atoms with E-state index in [1.54, 1.807) is 11.6 Å². The number of hydrogen-bond donors (Lipinski definition) is 0. The van der Waals surface area contributed by atoms with Crippen LogP contribution in [0, 0.1) is 0 Å². The highest BCUT2D eigenvalue weighted by Crippen LogP contribution is 2.29. The van der Waals surface area contributed by atoms with Crippen molar-refractivity contribution in [3.63, 3.8) is 0 Å². The Hall–Kier alpha value is -2.56. The summed E-state index contributed by atoms with van der Waals surface area (Å²) in [7, 11) is -1.88. The average Bonchev–Trinajstić information content (AvgIpc) is 3.42. The molecule has 1 aliphatic rings. The van der Waals surface area contributed by atoms with E-state index in [1.165, 1.54) is 16.8 Å². The van der Waals surface area contributed by atoms with Crippen LogP contribution in [-0.4, -0.2) is 52.1 Å². The minimum absolute atomic E-state index is 0.0624. The highest BCUT2D eigenvalue weighted by molar-refractivity contribution is 7.89. The first-order valence-electron chi connectivity index (χ1n) is 9.94. The Kier molecular flexibility index (Phi) is 6.26. The monoisotopic (exact) mass is 431 g/mol. The van der Waals surface area contributed by atoms with Crippen molar-refractivity contribution < 1.29 is 17.7 Å². The maximum absolute atomic E-state index is 12.8. The molecule has 1 aromatic carbocycles. The topological polar surface area (TPSA) is 103 Å². The predicted octanol–water partition coefficient (Wildman–Crippen LogP) is 2.13. The molecule has 0 spiro atoms. The summed E-state index contributed by atoms with van der Waals surface area (Å²) < 4.78 is 39.9. The molecule has 0 aliphatic carbocycles. The van der Waals surface area contributed by atoms with Gasteiger partial charge in [0.2, 0.25) is 5.89 Å². The highest BCUT2D eigenvalue weighted by Gasteiger charge is 2.34. The minimum Gasteiger partial charge on any atom is -0.376 e. The lowest BCUT2D eigenvalue weighted by Crippen LogP contribution is -2.39. The third-order valence-corrected chi connectivity index (χ3v) is 6.83. The SMILES string of the molecule is Cn1cnc(S(=O)(=O)N2CCCC(c3nc(CCOCc4ccccc4)no3)C2)c1. The summed E-state index contributed by atoms with van der Waals surface area (Å²) in [4.78, 5) is 8.47. The van der Waals surface area contributed by atoms with Gasteiger partial charge in [-0.25, -0.2) is 13.4 Å². The standard InChI is InChI=1S/C20H25N5O4S/c1-24-13-19(21-15-24)30(26,27)25-10-5-8-17(12-25)20-22-18(23-29-20)9-11-28-14-16-6-3-2-4-7-16/h2-4,6-7,13,15,17H,5,8-12,14H2,1H3. The van der Waals surface area contributed by atoms with Gasteiger partial charge in [-0.3, -0.25) is 0 Å². The molecule has 1 saturated heterocycles. The first kappa shape index (κ1) is 20.7. The summed E-state index contributed by atoms with van der Waals surface area (Å²) in [6.45, 7) is 1.79. The van der Waals surface area contributed by atoms with E-state index in [9.17, 15) is 8.42 Å². The highest BCUT2D eigenvalue weighted by atomic mass is 32.2. The second kappa shape index (κ2) is 9.07. The molecule has 4 rings (SSSR count). The summed E-state index contributed by atoms with van der Waals surface area (Å²) in [6.07, 6.45) is 5.08. The molecule has 0 bridgehead atoms. The van der Waals surface area contributed by atoms with E-state index in [2.05, 4.69) is 15.1 Å². The number of rotatable bonds is 8. The van der Waals surface area contributed by atoms with Crippen molar-refractivity contribution in [2.24, 2.45) is 7.05 Å². The van der Waals surface area contributed by atoms with Crippen molar-refractivity contribution in [3.05, 3.63) is 60.1 Å². The van der Waals surface area contributed by atoms with Gasteiger partial charge in [0, 0.05) is 32.8 Å². The van der Waals surface area contributed by atoms with Crippen molar-refractivity contribution in [1.82, 2.24) is 24.0 Å². The van der Waals surface area contributed by atoms with Crippen molar-refractivity contribution in [1.29, 1.82) is 0 Å². The summed E-state index contributed by atoms with van der Waals surface area (Å²) in [5.74, 6) is 0.931. The van der Waals surface area contributed by atoms with Crippen LogP contribution in [0.1, 0.15) is 36.0 Å². The lowest BCUT2D eigenvalue weighted by molar-refractivity contribution is 0.122. The number of aromatic nitrogens is 4. The number of piperidine rings is 1. The van der Waals surface area contributed by atoms with Gasteiger partial charge in [0.25, 0.3) is 10.0 Å². The molecule has 0 amide bonds. The summed E-state index contributed by atoms with van der Waals surface area (Å²) in [5, 5.41) is 4.10. The van der Waals surface area contributed by atoms with E-state index in [0.29, 0.717) is 44.4 Å². The molecule has 1 atom stereocenters.